The van der Waals surface area contributed by atoms with Crippen molar-refractivity contribution in [3.8, 4) is 0 Å². The summed E-state index contributed by atoms with van der Waals surface area (Å²) in [5.41, 5.74) is 6.53. The number of methoxy groups -OCH3 is 2. The van der Waals surface area contributed by atoms with Gasteiger partial charge in [0, 0.05) is 10.8 Å². The molecule has 5 atom stereocenters. The Morgan fingerprint density at radius 2 is 2.22 bits per heavy atom. The Kier molecular flexibility index (Phi) is 2.61. The normalized spacial score (nSPS) is 45.3. The average molecular weight is 256 g/mol. The van der Waals surface area contributed by atoms with Crippen LogP contribution in [0.4, 0.5) is 0 Å². The van der Waals surface area contributed by atoms with Crippen LogP contribution in [0, 0.1) is 17.8 Å². The van der Waals surface area contributed by atoms with Crippen LogP contribution in [0.5, 0.6) is 0 Å². The van der Waals surface area contributed by atoms with E-state index in [1.165, 1.54) is 7.11 Å². The molecule has 0 spiro atoms. The molecule has 0 aromatic heterocycles. The maximum absolute atomic E-state index is 11.9. The summed E-state index contributed by atoms with van der Waals surface area (Å²) < 4.78 is 17.0. The van der Waals surface area contributed by atoms with Crippen LogP contribution in [0.15, 0.2) is 5.11 Å². The second-order valence-corrected chi connectivity index (χ2v) is 4.34. The van der Waals surface area contributed by atoms with E-state index in [0.29, 0.717) is 0 Å². The van der Waals surface area contributed by atoms with Crippen LogP contribution in [0.25, 0.3) is 10.4 Å². The summed E-state index contributed by atoms with van der Waals surface area (Å²) in [5.74, 6) is -3.39. The van der Waals surface area contributed by atoms with Crippen LogP contribution in [-0.2, 0) is 19.1 Å². The second kappa shape index (κ2) is 4.15. The summed E-state index contributed by atoms with van der Waals surface area (Å²) in [6.07, 6.45) is -2.43. The minimum absolute atomic E-state index is 0.147. The molecule has 98 valence electrons. The fourth-order valence-corrected chi connectivity index (χ4v) is 2.87. The largest absolute Gasteiger partial charge is 0.469 e. The van der Waals surface area contributed by atoms with Crippen molar-refractivity contribution in [2.24, 2.45) is 22.9 Å². The lowest BCUT2D eigenvalue weighted by atomic mass is 9.88. The third-order valence-corrected chi connectivity index (χ3v) is 3.69. The van der Waals surface area contributed by atoms with Gasteiger partial charge in [-0.15, -0.1) is 0 Å². The molecule has 0 aromatic carbocycles. The molecule has 2 aliphatic rings. The predicted molar refractivity (Wildman–Crippen MR) is 57.0 cm³/mol. The Labute approximate surface area is 104 Å². The smallest absolute Gasteiger partial charge is 0.320 e. The zero-order chi connectivity index (χ0) is 14.4. The van der Waals surface area contributed by atoms with E-state index in [9.17, 15) is 14.7 Å². The summed E-state index contributed by atoms with van der Waals surface area (Å²) in [5, 5.41) is 13.4. The number of azide groups is 1. The number of ether oxygens (including phenoxy) is 2. The molecule has 18 heavy (non-hydrogen) atoms. The van der Waals surface area contributed by atoms with Crippen molar-refractivity contribution in [3.63, 3.8) is 0 Å². The average Bonchev–Trinajstić information content (AvgIpc) is 3.00. The molecular formula is C10H13N3O5. The van der Waals surface area contributed by atoms with Crippen LogP contribution < -0.4 is 0 Å². The van der Waals surface area contributed by atoms with Crippen molar-refractivity contribution in [3.05, 3.63) is 10.4 Å². The minimum atomic E-state index is -2.29. The summed E-state index contributed by atoms with van der Waals surface area (Å²) in [6, 6.07) is 0. The van der Waals surface area contributed by atoms with E-state index in [1.54, 1.807) is 0 Å². The Balaban J connectivity index is 2.46. The standard InChI is InChI=1S/C10H13N3O5/c1-17-8(15)6-4-3-5(14)10(7(4)6,12-13-11)9(16)18-2/h4-7,14H,3H2,1-2H3/t4-,5+,6-,7-,10-/m0/s1/i5D. The molecule has 2 rings (SSSR count). The first kappa shape index (κ1) is 11.3. The number of rotatable bonds is 3. The lowest BCUT2D eigenvalue weighted by Gasteiger charge is -2.27. The van der Waals surface area contributed by atoms with Gasteiger partial charge in [0.25, 0.3) is 0 Å². The third kappa shape index (κ3) is 1.39. The maximum Gasteiger partial charge on any atom is 0.320 e. The van der Waals surface area contributed by atoms with E-state index in [-0.39, 0.29) is 6.42 Å². The van der Waals surface area contributed by atoms with Gasteiger partial charge in [-0.1, -0.05) is 5.11 Å². The van der Waals surface area contributed by atoms with Gasteiger partial charge < -0.3 is 14.6 Å². The zero-order valence-corrected chi connectivity index (χ0v) is 9.86. The van der Waals surface area contributed by atoms with E-state index in [2.05, 4.69) is 19.5 Å². The second-order valence-electron chi connectivity index (χ2n) is 4.34. The molecule has 0 radical (unpaired) electrons. The molecule has 0 aromatic rings. The van der Waals surface area contributed by atoms with Crippen LogP contribution in [0.1, 0.15) is 7.79 Å². The molecule has 0 heterocycles. The van der Waals surface area contributed by atoms with Crippen LogP contribution >= 0.6 is 0 Å². The minimum Gasteiger partial charge on any atom is -0.469 e. The van der Waals surface area contributed by atoms with E-state index in [4.69, 9.17) is 6.90 Å². The molecule has 2 saturated carbocycles. The van der Waals surface area contributed by atoms with Gasteiger partial charge in [0.2, 0.25) is 0 Å². The molecule has 8 heteroatoms. The quantitative estimate of drug-likeness (QED) is 0.330. The van der Waals surface area contributed by atoms with Gasteiger partial charge in [-0.3, -0.25) is 9.59 Å². The van der Waals surface area contributed by atoms with Crippen LogP contribution in [0.3, 0.4) is 0 Å². The number of aliphatic hydroxyl groups is 1. The van der Waals surface area contributed by atoms with Crippen molar-refractivity contribution in [2.75, 3.05) is 14.2 Å². The summed E-state index contributed by atoms with van der Waals surface area (Å²) in [6.45, 7) is 0. The molecule has 0 amide bonds. The van der Waals surface area contributed by atoms with Crippen molar-refractivity contribution in [1.29, 1.82) is 0 Å². The Morgan fingerprint density at radius 1 is 1.56 bits per heavy atom. The molecule has 2 aliphatic carbocycles. The van der Waals surface area contributed by atoms with Gasteiger partial charge >= 0.3 is 11.9 Å². The molecule has 2 fully saturated rings. The third-order valence-electron chi connectivity index (χ3n) is 3.69. The van der Waals surface area contributed by atoms with Crippen molar-refractivity contribution in [1.82, 2.24) is 0 Å². The van der Waals surface area contributed by atoms with Gasteiger partial charge in [-0.05, 0) is 17.9 Å². The van der Waals surface area contributed by atoms with Gasteiger partial charge in [-0.2, -0.15) is 0 Å². The first-order valence-electron chi connectivity index (χ1n) is 5.82. The van der Waals surface area contributed by atoms with E-state index in [0.717, 1.165) is 7.11 Å². The number of carbonyl (C=O) groups is 2. The SMILES string of the molecule is [2H][C@@]1(O)C[C@H]2[C@H](C(=O)OC)[C@H]2[C@]1(N=[N+]=[N-])C(=O)OC. The first-order valence-corrected chi connectivity index (χ1v) is 5.32. The summed E-state index contributed by atoms with van der Waals surface area (Å²) in [7, 11) is 2.27. The van der Waals surface area contributed by atoms with Gasteiger partial charge in [0.15, 0.2) is 5.54 Å². The number of esters is 2. The molecule has 0 saturated heterocycles. The lowest BCUT2D eigenvalue weighted by Crippen LogP contribution is -2.49. The van der Waals surface area contributed by atoms with E-state index < -0.39 is 41.3 Å². The highest BCUT2D eigenvalue weighted by molar-refractivity contribution is 5.88. The summed E-state index contributed by atoms with van der Waals surface area (Å²) in [4.78, 5) is 26.0. The fraction of sp³-hybridized carbons (Fsp3) is 0.800. The molecular weight excluding hydrogens is 242 g/mol. The van der Waals surface area contributed by atoms with Gasteiger partial charge in [0.1, 0.15) is 0 Å². The zero-order valence-electron chi connectivity index (χ0n) is 10.9. The van der Waals surface area contributed by atoms with Crippen molar-refractivity contribution < 1.29 is 25.5 Å². The van der Waals surface area contributed by atoms with Gasteiger partial charge in [0.05, 0.1) is 27.6 Å². The predicted octanol–water partition coefficient (Wildman–Crippen LogP) is 0.00830. The molecule has 0 bridgehead atoms. The molecule has 8 nitrogen and oxygen atoms in total. The highest BCUT2D eigenvalue weighted by Gasteiger charge is 2.75. The number of fused-ring (bicyclic) bond motifs is 1. The van der Waals surface area contributed by atoms with Crippen molar-refractivity contribution >= 4 is 11.9 Å². The highest BCUT2D eigenvalue weighted by Crippen LogP contribution is 2.64. The Morgan fingerprint density at radius 3 is 2.72 bits per heavy atom. The maximum atomic E-state index is 11.9. The van der Waals surface area contributed by atoms with Crippen LogP contribution in [-0.4, -0.2) is 42.9 Å². The topological polar surface area (TPSA) is 122 Å². The Bertz CT molecular complexity index is 490. The first-order chi connectivity index (χ1) is 8.87. The fourth-order valence-electron chi connectivity index (χ4n) is 2.87. The highest BCUT2D eigenvalue weighted by atomic mass is 16.5. The summed E-state index contributed by atoms with van der Waals surface area (Å²) >= 11 is 0. The van der Waals surface area contributed by atoms with E-state index >= 15 is 0 Å². The molecule has 0 aliphatic heterocycles. The number of carbonyl (C=O) groups excluding carboxylic acids is 2. The molecule has 0 unspecified atom stereocenters. The number of hydrogen-bond donors (Lipinski definition) is 1. The monoisotopic (exact) mass is 256 g/mol. The Hall–Kier alpha value is -1.79. The number of hydrogen-bond acceptors (Lipinski definition) is 6. The van der Waals surface area contributed by atoms with E-state index in [1.807, 2.05) is 0 Å². The van der Waals surface area contributed by atoms with Crippen molar-refractivity contribution in [2.45, 2.75) is 18.0 Å². The lowest BCUT2D eigenvalue weighted by molar-refractivity contribution is -0.153. The van der Waals surface area contributed by atoms with Gasteiger partial charge in [-0.25, -0.2) is 0 Å². The number of nitrogens with zero attached hydrogens (tertiary/aromatic N) is 3. The molecule has 1 N–H and O–H groups in total. The van der Waals surface area contributed by atoms with Crippen LogP contribution in [0.2, 0.25) is 0 Å².